The van der Waals surface area contributed by atoms with Crippen molar-refractivity contribution in [3.8, 4) is 11.4 Å². The molecular formula is C22H20N4O4. The van der Waals surface area contributed by atoms with Crippen LogP contribution in [-0.4, -0.2) is 27.1 Å². The highest BCUT2D eigenvalue weighted by Gasteiger charge is 2.20. The number of fused-ring (bicyclic) bond motifs is 1. The monoisotopic (exact) mass is 404 g/mol. The van der Waals surface area contributed by atoms with Crippen molar-refractivity contribution in [2.45, 2.75) is 6.92 Å². The maximum atomic E-state index is 13.1. The second-order valence-electron chi connectivity index (χ2n) is 6.97. The number of methoxy groups -OCH3 is 1. The van der Waals surface area contributed by atoms with Crippen LogP contribution in [0.25, 0.3) is 16.7 Å². The minimum Gasteiger partial charge on any atom is -0.497 e. The SMILES string of the molecule is COc1ccc(NC(=O)c2cn(C)c3c(=O)n(-c4ccc(C)cc4)c(=O)[nH]c23)cc1. The minimum atomic E-state index is -0.610. The summed E-state index contributed by atoms with van der Waals surface area (Å²) in [5.41, 5.74) is 1.56. The van der Waals surface area contributed by atoms with Gasteiger partial charge in [-0.05, 0) is 43.3 Å². The van der Waals surface area contributed by atoms with E-state index < -0.39 is 17.2 Å². The standard InChI is InChI=1S/C22H20N4O4/c1-13-4-8-15(9-5-13)26-21(28)19-18(24-22(26)29)17(12-25(19)2)20(27)23-14-6-10-16(30-3)11-7-14/h4-12H,1-3H3,(H,23,27)(H,24,29). The Hall–Kier alpha value is -4.07. The van der Waals surface area contributed by atoms with Crippen molar-refractivity contribution in [2.75, 3.05) is 12.4 Å². The van der Waals surface area contributed by atoms with Crippen molar-refractivity contribution in [3.63, 3.8) is 0 Å². The summed E-state index contributed by atoms with van der Waals surface area (Å²) in [4.78, 5) is 41.3. The second kappa shape index (κ2) is 7.40. The average Bonchev–Trinajstić information content (AvgIpc) is 3.06. The Morgan fingerprint density at radius 2 is 1.70 bits per heavy atom. The molecule has 0 bridgehead atoms. The number of H-pyrrole nitrogens is 1. The lowest BCUT2D eigenvalue weighted by molar-refractivity contribution is 0.102. The van der Waals surface area contributed by atoms with E-state index in [1.165, 1.54) is 6.20 Å². The molecule has 4 rings (SSSR count). The molecule has 2 N–H and O–H groups in total. The first-order chi connectivity index (χ1) is 14.4. The van der Waals surface area contributed by atoms with Crippen LogP contribution in [0.3, 0.4) is 0 Å². The lowest BCUT2D eigenvalue weighted by atomic mass is 10.2. The predicted octanol–water partition coefficient (Wildman–Crippen LogP) is 2.59. The summed E-state index contributed by atoms with van der Waals surface area (Å²) in [5, 5.41) is 2.77. The number of benzene rings is 2. The van der Waals surface area contributed by atoms with E-state index in [-0.39, 0.29) is 16.6 Å². The lowest BCUT2D eigenvalue weighted by Crippen LogP contribution is -2.34. The number of carbonyl (C=O) groups excluding carboxylic acids is 1. The molecule has 2 heterocycles. The first-order valence-electron chi connectivity index (χ1n) is 9.26. The van der Waals surface area contributed by atoms with Crippen LogP contribution in [0.1, 0.15) is 15.9 Å². The van der Waals surface area contributed by atoms with Crippen molar-refractivity contribution in [1.82, 2.24) is 14.1 Å². The third kappa shape index (κ3) is 3.28. The van der Waals surface area contributed by atoms with Crippen molar-refractivity contribution in [3.05, 3.63) is 86.7 Å². The van der Waals surface area contributed by atoms with Crippen molar-refractivity contribution < 1.29 is 9.53 Å². The maximum Gasteiger partial charge on any atom is 0.333 e. The number of nitrogens with one attached hydrogen (secondary N) is 2. The van der Waals surface area contributed by atoms with Crippen LogP contribution in [0.15, 0.2) is 64.3 Å². The highest BCUT2D eigenvalue weighted by Crippen LogP contribution is 2.19. The number of aryl methyl sites for hydroxylation is 2. The molecule has 2 aromatic heterocycles. The number of aromatic nitrogens is 3. The van der Waals surface area contributed by atoms with Gasteiger partial charge in [-0.25, -0.2) is 9.36 Å². The maximum absolute atomic E-state index is 13.1. The Balaban J connectivity index is 1.79. The van der Waals surface area contributed by atoms with Crippen molar-refractivity contribution in [1.29, 1.82) is 0 Å². The molecule has 0 saturated carbocycles. The summed E-state index contributed by atoms with van der Waals surface area (Å²) in [7, 11) is 3.22. The highest BCUT2D eigenvalue weighted by atomic mass is 16.5. The van der Waals surface area contributed by atoms with Crippen molar-refractivity contribution in [2.24, 2.45) is 7.05 Å². The molecule has 152 valence electrons. The van der Waals surface area contributed by atoms with E-state index in [2.05, 4.69) is 10.3 Å². The van der Waals surface area contributed by atoms with E-state index in [9.17, 15) is 14.4 Å². The topological polar surface area (TPSA) is 98.1 Å². The Labute approximate surface area is 171 Å². The first kappa shape index (κ1) is 19.3. The smallest absolute Gasteiger partial charge is 0.333 e. The van der Waals surface area contributed by atoms with Gasteiger partial charge in [-0.15, -0.1) is 0 Å². The van der Waals surface area contributed by atoms with Crippen LogP contribution in [0.4, 0.5) is 5.69 Å². The molecule has 8 heteroatoms. The quantitative estimate of drug-likeness (QED) is 0.546. The molecule has 0 aliphatic rings. The molecule has 30 heavy (non-hydrogen) atoms. The van der Waals surface area contributed by atoms with Gasteiger partial charge in [-0.2, -0.15) is 0 Å². The molecule has 0 aliphatic heterocycles. The summed E-state index contributed by atoms with van der Waals surface area (Å²) >= 11 is 0. The summed E-state index contributed by atoms with van der Waals surface area (Å²) in [5.74, 6) is 0.230. The summed E-state index contributed by atoms with van der Waals surface area (Å²) in [6, 6.07) is 13.9. The van der Waals surface area contributed by atoms with Crippen LogP contribution in [0, 0.1) is 6.92 Å². The first-order valence-corrected chi connectivity index (χ1v) is 9.26. The second-order valence-corrected chi connectivity index (χ2v) is 6.97. The van der Waals surface area contributed by atoms with Gasteiger partial charge in [0.1, 0.15) is 11.3 Å². The van der Waals surface area contributed by atoms with Gasteiger partial charge in [0, 0.05) is 18.9 Å². The van der Waals surface area contributed by atoms with Gasteiger partial charge in [0.2, 0.25) is 0 Å². The van der Waals surface area contributed by atoms with E-state index in [1.807, 2.05) is 19.1 Å². The number of rotatable bonds is 4. The fourth-order valence-electron chi connectivity index (χ4n) is 3.35. The van der Waals surface area contributed by atoms with E-state index in [4.69, 9.17) is 4.74 Å². The number of carbonyl (C=O) groups is 1. The molecule has 0 spiro atoms. The van der Waals surface area contributed by atoms with Gasteiger partial charge >= 0.3 is 5.69 Å². The Morgan fingerprint density at radius 3 is 2.33 bits per heavy atom. The summed E-state index contributed by atoms with van der Waals surface area (Å²) < 4.78 is 7.71. The van der Waals surface area contributed by atoms with Gasteiger partial charge in [0.25, 0.3) is 11.5 Å². The van der Waals surface area contributed by atoms with Gasteiger partial charge in [-0.3, -0.25) is 9.59 Å². The largest absolute Gasteiger partial charge is 0.497 e. The Bertz CT molecular complexity index is 1360. The van der Waals surface area contributed by atoms with Crippen LogP contribution < -0.4 is 21.3 Å². The normalized spacial score (nSPS) is 10.9. The summed E-state index contributed by atoms with van der Waals surface area (Å²) in [6.45, 7) is 1.92. The van der Waals surface area contributed by atoms with Crippen LogP contribution in [0.2, 0.25) is 0 Å². The number of hydrogen-bond donors (Lipinski definition) is 2. The lowest BCUT2D eigenvalue weighted by Gasteiger charge is -2.07. The van der Waals surface area contributed by atoms with Gasteiger partial charge in [-0.1, -0.05) is 17.7 Å². The Kier molecular flexibility index (Phi) is 4.75. The molecule has 0 radical (unpaired) electrons. The third-order valence-corrected chi connectivity index (χ3v) is 4.91. The number of anilines is 1. The molecule has 0 atom stereocenters. The molecule has 0 unspecified atom stereocenters. The van der Waals surface area contributed by atoms with Crippen LogP contribution >= 0.6 is 0 Å². The van der Waals surface area contributed by atoms with Crippen molar-refractivity contribution >= 4 is 22.6 Å². The fraction of sp³-hybridized carbons (Fsp3) is 0.136. The molecule has 2 aromatic carbocycles. The predicted molar refractivity (Wildman–Crippen MR) is 115 cm³/mol. The zero-order valence-electron chi connectivity index (χ0n) is 16.7. The number of nitrogens with zero attached hydrogens (tertiary/aromatic N) is 2. The molecule has 0 saturated heterocycles. The zero-order chi connectivity index (χ0) is 21.4. The minimum absolute atomic E-state index is 0.196. The summed E-state index contributed by atoms with van der Waals surface area (Å²) in [6.07, 6.45) is 1.53. The zero-order valence-corrected chi connectivity index (χ0v) is 16.7. The number of aromatic amines is 1. The molecular weight excluding hydrogens is 384 g/mol. The van der Waals surface area contributed by atoms with E-state index in [1.54, 1.807) is 55.1 Å². The molecule has 4 aromatic rings. The molecule has 1 amide bonds. The van der Waals surface area contributed by atoms with Crippen LogP contribution in [0.5, 0.6) is 5.75 Å². The fourth-order valence-corrected chi connectivity index (χ4v) is 3.35. The van der Waals surface area contributed by atoms with E-state index in [0.29, 0.717) is 17.1 Å². The molecule has 0 fully saturated rings. The number of hydrogen-bond acceptors (Lipinski definition) is 4. The number of amides is 1. The molecule has 8 nitrogen and oxygen atoms in total. The van der Waals surface area contributed by atoms with Gasteiger partial charge in [0.15, 0.2) is 0 Å². The van der Waals surface area contributed by atoms with Gasteiger partial charge in [0.05, 0.1) is 23.9 Å². The Morgan fingerprint density at radius 1 is 1.03 bits per heavy atom. The van der Waals surface area contributed by atoms with Crippen LogP contribution in [-0.2, 0) is 7.05 Å². The van der Waals surface area contributed by atoms with E-state index >= 15 is 0 Å². The number of ether oxygens (including phenoxy) is 1. The van der Waals surface area contributed by atoms with Gasteiger partial charge < -0.3 is 19.6 Å². The molecule has 0 aliphatic carbocycles. The van der Waals surface area contributed by atoms with E-state index in [0.717, 1.165) is 10.1 Å². The highest BCUT2D eigenvalue weighted by molar-refractivity contribution is 6.11. The average molecular weight is 404 g/mol. The third-order valence-electron chi connectivity index (χ3n) is 4.91.